The van der Waals surface area contributed by atoms with E-state index in [0.717, 1.165) is 0 Å². The van der Waals surface area contributed by atoms with Crippen molar-refractivity contribution in [3.05, 3.63) is 40.2 Å². The highest BCUT2D eigenvalue weighted by atomic mass is 16.5. The monoisotopic (exact) mass is 376 g/mol. The Hall–Kier alpha value is -2.87. The minimum absolute atomic E-state index is 0.0100. The predicted octanol–water partition coefficient (Wildman–Crippen LogP) is 0.721. The summed E-state index contributed by atoms with van der Waals surface area (Å²) < 4.78 is 10.3. The van der Waals surface area contributed by atoms with Gasteiger partial charge in [0.25, 0.3) is 0 Å². The van der Waals surface area contributed by atoms with Crippen molar-refractivity contribution in [3.8, 4) is 5.75 Å². The van der Waals surface area contributed by atoms with E-state index in [1.807, 2.05) is 13.8 Å². The zero-order valence-corrected chi connectivity index (χ0v) is 15.5. The number of benzene rings is 1. The van der Waals surface area contributed by atoms with Gasteiger partial charge in [-0.1, -0.05) is 13.8 Å². The first-order valence-corrected chi connectivity index (χ1v) is 8.59. The van der Waals surface area contributed by atoms with E-state index in [-0.39, 0.29) is 18.8 Å². The van der Waals surface area contributed by atoms with Gasteiger partial charge in [-0.15, -0.1) is 0 Å². The molecule has 27 heavy (non-hydrogen) atoms. The lowest BCUT2D eigenvalue weighted by Gasteiger charge is -2.19. The Labute approximate surface area is 156 Å². The summed E-state index contributed by atoms with van der Waals surface area (Å²) in [5, 5.41) is 13.0. The number of rotatable bonds is 8. The SMILES string of the molecule is COc1ccc2c(C[C@@H](NC(=O)[C@H](O)CC(C)C)C(N)=O)cc(=O)oc2c1. The van der Waals surface area contributed by atoms with Crippen LogP contribution in [0.2, 0.25) is 0 Å². The number of ether oxygens (including phenoxy) is 1. The maximum absolute atomic E-state index is 12.1. The molecule has 4 N–H and O–H groups in total. The molecule has 0 radical (unpaired) electrons. The van der Waals surface area contributed by atoms with Gasteiger partial charge < -0.3 is 25.3 Å². The second-order valence-corrected chi connectivity index (χ2v) is 6.77. The lowest BCUT2D eigenvalue weighted by Crippen LogP contribution is -2.49. The molecule has 0 aliphatic carbocycles. The van der Waals surface area contributed by atoms with Crippen molar-refractivity contribution in [2.24, 2.45) is 11.7 Å². The number of fused-ring (bicyclic) bond motifs is 1. The first kappa shape index (κ1) is 20.4. The van der Waals surface area contributed by atoms with Crippen LogP contribution in [0, 0.1) is 5.92 Å². The number of nitrogens with one attached hydrogen (secondary N) is 1. The molecule has 0 aliphatic heterocycles. The van der Waals surface area contributed by atoms with Crippen LogP contribution in [0.15, 0.2) is 33.5 Å². The molecule has 8 heteroatoms. The summed E-state index contributed by atoms with van der Waals surface area (Å²) in [4.78, 5) is 35.8. The summed E-state index contributed by atoms with van der Waals surface area (Å²) >= 11 is 0. The van der Waals surface area contributed by atoms with Crippen LogP contribution in [0.1, 0.15) is 25.8 Å². The Morgan fingerprint density at radius 3 is 2.59 bits per heavy atom. The number of primary amides is 1. The molecule has 1 aromatic heterocycles. The van der Waals surface area contributed by atoms with E-state index in [1.165, 1.54) is 13.2 Å². The minimum Gasteiger partial charge on any atom is -0.497 e. The lowest BCUT2D eigenvalue weighted by atomic mass is 10.0. The summed E-state index contributed by atoms with van der Waals surface area (Å²) in [6.45, 7) is 3.73. The van der Waals surface area contributed by atoms with Crippen molar-refractivity contribution >= 4 is 22.8 Å². The van der Waals surface area contributed by atoms with Crippen LogP contribution in [-0.2, 0) is 16.0 Å². The third-order valence-corrected chi connectivity index (χ3v) is 4.12. The molecule has 8 nitrogen and oxygen atoms in total. The van der Waals surface area contributed by atoms with Crippen molar-refractivity contribution in [2.45, 2.75) is 38.8 Å². The van der Waals surface area contributed by atoms with Gasteiger partial charge in [-0.3, -0.25) is 9.59 Å². The molecular formula is C19H24N2O6. The maximum Gasteiger partial charge on any atom is 0.336 e. The number of nitrogens with two attached hydrogens (primary N) is 1. The Bertz CT molecular complexity index is 889. The highest BCUT2D eigenvalue weighted by Crippen LogP contribution is 2.23. The van der Waals surface area contributed by atoms with Gasteiger partial charge in [0.1, 0.15) is 23.5 Å². The average molecular weight is 376 g/mol. The number of carbonyl (C=O) groups excluding carboxylic acids is 2. The summed E-state index contributed by atoms with van der Waals surface area (Å²) in [7, 11) is 1.49. The topological polar surface area (TPSA) is 132 Å². The standard InChI is InChI=1S/C19H24N2O6/c1-10(2)6-15(22)19(25)21-14(18(20)24)7-11-8-17(23)27-16-9-12(26-3)4-5-13(11)16/h4-5,8-10,14-15,22H,6-7H2,1-3H3,(H2,20,24)(H,21,25)/t14-,15-/m1/s1. The number of aliphatic hydroxyl groups excluding tert-OH is 1. The van der Waals surface area contributed by atoms with Gasteiger partial charge in [0.05, 0.1) is 7.11 Å². The first-order chi connectivity index (χ1) is 12.7. The van der Waals surface area contributed by atoms with Gasteiger partial charge in [-0.25, -0.2) is 4.79 Å². The number of carbonyl (C=O) groups is 2. The van der Waals surface area contributed by atoms with Crippen LogP contribution in [0.3, 0.4) is 0 Å². The van der Waals surface area contributed by atoms with E-state index in [9.17, 15) is 19.5 Å². The summed E-state index contributed by atoms with van der Waals surface area (Å²) in [5.41, 5.74) is 5.60. The maximum atomic E-state index is 12.1. The molecule has 0 saturated heterocycles. The third kappa shape index (κ3) is 5.30. The second-order valence-electron chi connectivity index (χ2n) is 6.77. The van der Waals surface area contributed by atoms with Crippen molar-refractivity contribution in [3.63, 3.8) is 0 Å². The van der Waals surface area contributed by atoms with Crippen LogP contribution in [0.5, 0.6) is 5.75 Å². The quantitative estimate of drug-likeness (QED) is 0.582. The van der Waals surface area contributed by atoms with E-state index in [0.29, 0.717) is 22.3 Å². The van der Waals surface area contributed by atoms with Crippen molar-refractivity contribution < 1.29 is 23.8 Å². The van der Waals surface area contributed by atoms with Crippen LogP contribution in [-0.4, -0.2) is 36.2 Å². The van der Waals surface area contributed by atoms with Crippen molar-refractivity contribution in [1.29, 1.82) is 0 Å². The molecule has 2 amide bonds. The molecule has 0 bridgehead atoms. The molecule has 1 heterocycles. The fourth-order valence-corrected chi connectivity index (χ4v) is 2.77. The van der Waals surface area contributed by atoms with Gasteiger partial charge in [-0.05, 0) is 30.0 Å². The molecule has 0 aliphatic rings. The lowest BCUT2D eigenvalue weighted by molar-refractivity contribution is -0.133. The summed E-state index contributed by atoms with van der Waals surface area (Å²) in [6.07, 6.45) is -0.993. The van der Waals surface area contributed by atoms with E-state index in [2.05, 4.69) is 5.32 Å². The first-order valence-electron chi connectivity index (χ1n) is 8.59. The van der Waals surface area contributed by atoms with Crippen molar-refractivity contribution in [2.75, 3.05) is 7.11 Å². The molecule has 2 rings (SSSR count). The number of amides is 2. The van der Waals surface area contributed by atoms with Crippen LogP contribution < -0.4 is 21.4 Å². The highest BCUT2D eigenvalue weighted by Gasteiger charge is 2.24. The van der Waals surface area contributed by atoms with Crippen LogP contribution in [0.4, 0.5) is 0 Å². The Morgan fingerprint density at radius 2 is 2.00 bits per heavy atom. The normalized spacial score (nSPS) is 13.4. The van der Waals surface area contributed by atoms with Gasteiger partial charge in [-0.2, -0.15) is 0 Å². The zero-order valence-electron chi connectivity index (χ0n) is 15.5. The number of hydrogen-bond acceptors (Lipinski definition) is 6. The Morgan fingerprint density at radius 1 is 1.30 bits per heavy atom. The number of methoxy groups -OCH3 is 1. The van der Waals surface area contributed by atoms with Gasteiger partial charge in [0.15, 0.2) is 0 Å². The highest BCUT2D eigenvalue weighted by molar-refractivity contribution is 5.89. The van der Waals surface area contributed by atoms with Crippen molar-refractivity contribution in [1.82, 2.24) is 5.32 Å². The Balaban J connectivity index is 2.29. The zero-order chi connectivity index (χ0) is 20.1. The Kier molecular flexibility index (Phi) is 6.57. The molecule has 0 unspecified atom stereocenters. The molecule has 0 saturated carbocycles. The fraction of sp³-hybridized carbons (Fsp3) is 0.421. The molecule has 2 aromatic rings. The number of aliphatic hydroxyl groups is 1. The van der Waals surface area contributed by atoms with Crippen LogP contribution >= 0.6 is 0 Å². The molecule has 146 valence electrons. The average Bonchev–Trinajstić information content (AvgIpc) is 2.59. The summed E-state index contributed by atoms with van der Waals surface area (Å²) in [6, 6.07) is 5.12. The predicted molar refractivity (Wildman–Crippen MR) is 99.3 cm³/mol. The van der Waals surface area contributed by atoms with Gasteiger partial charge in [0, 0.05) is 23.9 Å². The van der Waals surface area contributed by atoms with E-state index in [4.69, 9.17) is 14.9 Å². The largest absolute Gasteiger partial charge is 0.497 e. The second kappa shape index (κ2) is 8.68. The minimum atomic E-state index is -1.24. The third-order valence-electron chi connectivity index (χ3n) is 4.12. The van der Waals surface area contributed by atoms with Gasteiger partial charge >= 0.3 is 5.63 Å². The van der Waals surface area contributed by atoms with E-state index >= 15 is 0 Å². The van der Waals surface area contributed by atoms with Gasteiger partial charge in [0.2, 0.25) is 11.8 Å². The fourth-order valence-electron chi connectivity index (χ4n) is 2.77. The smallest absolute Gasteiger partial charge is 0.336 e. The molecular weight excluding hydrogens is 352 g/mol. The van der Waals surface area contributed by atoms with Crippen LogP contribution in [0.25, 0.3) is 11.0 Å². The number of hydrogen-bond donors (Lipinski definition) is 3. The van der Waals surface area contributed by atoms with E-state index < -0.39 is 29.6 Å². The molecule has 0 spiro atoms. The molecule has 1 aromatic carbocycles. The molecule has 0 fully saturated rings. The summed E-state index contributed by atoms with van der Waals surface area (Å²) in [5.74, 6) is -0.828. The van der Waals surface area contributed by atoms with E-state index in [1.54, 1.807) is 18.2 Å². The molecule has 2 atom stereocenters.